The molecule has 0 radical (unpaired) electrons. The molecule has 0 aromatic heterocycles. The molecule has 36 heavy (non-hydrogen) atoms. The summed E-state index contributed by atoms with van der Waals surface area (Å²) in [6, 6.07) is 25.8. The largest absolute Gasteiger partial charge is 0.409 e. The molecule has 0 heterocycles. The zero-order valence-corrected chi connectivity index (χ0v) is 19.3. The van der Waals surface area contributed by atoms with Crippen molar-refractivity contribution >= 4 is 6.08 Å². The highest BCUT2D eigenvalue weighted by Gasteiger charge is 2.23. The number of alkyl halides is 3. The van der Waals surface area contributed by atoms with Gasteiger partial charge < -0.3 is 0 Å². The Morgan fingerprint density at radius 1 is 0.611 bits per heavy atom. The third-order valence-electron chi connectivity index (χ3n) is 5.88. The Morgan fingerprint density at radius 3 is 1.39 bits per heavy atom. The summed E-state index contributed by atoms with van der Waals surface area (Å²) in [5.41, 5.74) is 5.46. The van der Waals surface area contributed by atoms with Gasteiger partial charge in [-0.05, 0) is 70.0 Å². The molecule has 0 N–H and O–H groups in total. The van der Waals surface area contributed by atoms with Crippen LogP contribution in [-0.4, -0.2) is 6.18 Å². The summed E-state index contributed by atoms with van der Waals surface area (Å²) in [4.78, 5) is 0. The third-order valence-corrected chi connectivity index (χ3v) is 5.88. The van der Waals surface area contributed by atoms with Crippen LogP contribution in [0.15, 0.2) is 104 Å². The van der Waals surface area contributed by atoms with Crippen LogP contribution in [-0.2, 0) is 6.42 Å². The summed E-state index contributed by atoms with van der Waals surface area (Å²) in [5, 5.41) is 0. The molecule has 4 rings (SSSR count). The van der Waals surface area contributed by atoms with Gasteiger partial charge in [-0.2, -0.15) is 13.2 Å². The Balaban J connectivity index is 1.51. The van der Waals surface area contributed by atoms with Crippen LogP contribution < -0.4 is 0 Å². The Morgan fingerprint density at radius 2 is 1.00 bits per heavy atom. The number of benzene rings is 4. The molecule has 0 aliphatic rings. The molecule has 0 unspecified atom stereocenters. The fraction of sp³-hybridized carbons (Fsp3) is 0.0968. The van der Waals surface area contributed by atoms with Crippen molar-refractivity contribution in [1.82, 2.24) is 0 Å². The van der Waals surface area contributed by atoms with Crippen LogP contribution in [0.5, 0.6) is 0 Å². The molecule has 0 amide bonds. The predicted molar refractivity (Wildman–Crippen MR) is 136 cm³/mol. The second-order valence-electron chi connectivity index (χ2n) is 8.41. The molecule has 0 nitrogen and oxygen atoms in total. The summed E-state index contributed by atoms with van der Waals surface area (Å²) < 4.78 is 65.7. The van der Waals surface area contributed by atoms with E-state index in [0.29, 0.717) is 11.6 Å². The van der Waals surface area contributed by atoms with Crippen LogP contribution in [0, 0.1) is 11.6 Å². The fourth-order valence-corrected chi connectivity index (χ4v) is 3.93. The first-order valence-corrected chi connectivity index (χ1v) is 11.4. The molecule has 0 aliphatic heterocycles. The van der Waals surface area contributed by atoms with Gasteiger partial charge in [-0.1, -0.05) is 78.9 Å². The normalized spacial score (nSPS) is 11.7. The van der Waals surface area contributed by atoms with Crippen molar-refractivity contribution in [3.8, 4) is 33.4 Å². The first-order valence-electron chi connectivity index (χ1n) is 11.4. The van der Waals surface area contributed by atoms with Crippen LogP contribution in [0.2, 0.25) is 0 Å². The molecule has 0 saturated carbocycles. The molecular formula is C31H23F5. The summed E-state index contributed by atoms with van der Waals surface area (Å²) >= 11 is 0. The Bertz CT molecular complexity index is 1340. The summed E-state index contributed by atoms with van der Waals surface area (Å²) in [5.74, 6) is -2.11. The number of rotatable bonds is 7. The number of halogens is 5. The first-order chi connectivity index (χ1) is 17.2. The fourth-order valence-electron chi connectivity index (χ4n) is 3.93. The lowest BCUT2D eigenvalue weighted by Crippen LogP contribution is -2.01. The van der Waals surface area contributed by atoms with E-state index in [0.717, 1.165) is 47.2 Å². The average molecular weight is 491 g/mol. The minimum absolute atomic E-state index is 0.187. The lowest BCUT2D eigenvalue weighted by molar-refractivity contribution is -0.0790. The third kappa shape index (κ3) is 6.16. The zero-order valence-electron chi connectivity index (χ0n) is 19.3. The second-order valence-corrected chi connectivity index (χ2v) is 8.41. The molecule has 4 aromatic rings. The second kappa shape index (κ2) is 10.7. The molecule has 0 fully saturated rings. The molecule has 182 valence electrons. The molecule has 0 saturated heterocycles. The summed E-state index contributed by atoms with van der Waals surface area (Å²) in [7, 11) is 0. The highest BCUT2D eigenvalue weighted by Crippen LogP contribution is 2.30. The van der Waals surface area contributed by atoms with Crippen molar-refractivity contribution in [3.63, 3.8) is 0 Å². The maximum Gasteiger partial charge on any atom is 0.409 e. The Labute approximate surface area is 207 Å². The van der Waals surface area contributed by atoms with Crippen molar-refractivity contribution < 1.29 is 22.0 Å². The maximum atomic E-state index is 14.3. The van der Waals surface area contributed by atoms with Crippen molar-refractivity contribution in [2.45, 2.75) is 19.0 Å². The Kier molecular flexibility index (Phi) is 7.49. The van der Waals surface area contributed by atoms with Crippen molar-refractivity contribution in [2.75, 3.05) is 0 Å². The number of aryl methyl sites for hydroxylation is 1. The van der Waals surface area contributed by atoms with Crippen molar-refractivity contribution in [2.24, 2.45) is 0 Å². The summed E-state index contributed by atoms with van der Waals surface area (Å²) in [6.07, 6.45) is -0.613. The molecule has 5 heteroatoms. The molecule has 0 spiro atoms. The van der Waals surface area contributed by atoms with E-state index >= 15 is 0 Å². The van der Waals surface area contributed by atoms with Crippen molar-refractivity contribution in [3.05, 3.63) is 126 Å². The van der Waals surface area contributed by atoms with E-state index in [1.165, 1.54) is 5.56 Å². The highest BCUT2D eigenvalue weighted by molar-refractivity contribution is 5.74. The van der Waals surface area contributed by atoms with E-state index in [1.54, 1.807) is 12.1 Å². The SMILES string of the molecule is C=CCCc1ccc(-c2ccc(-c3ccc(-c4cc(F)c(/C=C/C(F)(F)F)c(F)c4)cc3)cc2)cc1. The zero-order chi connectivity index (χ0) is 25.7. The molecule has 0 aliphatic carbocycles. The van der Waals surface area contributed by atoms with Gasteiger partial charge in [0.1, 0.15) is 11.6 Å². The molecular weight excluding hydrogens is 467 g/mol. The van der Waals surface area contributed by atoms with Gasteiger partial charge in [-0.15, -0.1) is 6.58 Å². The number of allylic oxidation sites excluding steroid dienone is 2. The highest BCUT2D eigenvalue weighted by atomic mass is 19.4. The van der Waals surface area contributed by atoms with Crippen LogP contribution in [0.3, 0.4) is 0 Å². The minimum atomic E-state index is -4.65. The van der Waals surface area contributed by atoms with Gasteiger partial charge in [0.25, 0.3) is 0 Å². The van der Waals surface area contributed by atoms with E-state index < -0.39 is 23.4 Å². The van der Waals surface area contributed by atoms with Gasteiger partial charge in [-0.3, -0.25) is 0 Å². The lowest BCUT2D eigenvalue weighted by Gasteiger charge is -2.09. The van der Waals surface area contributed by atoms with E-state index in [2.05, 4.69) is 30.8 Å². The van der Waals surface area contributed by atoms with Crippen LogP contribution in [0.25, 0.3) is 39.5 Å². The Hall–Kier alpha value is -3.99. The smallest absolute Gasteiger partial charge is 0.206 e. The summed E-state index contributed by atoms with van der Waals surface area (Å²) in [6.45, 7) is 3.75. The van der Waals surface area contributed by atoms with Crippen molar-refractivity contribution in [1.29, 1.82) is 0 Å². The van der Waals surface area contributed by atoms with Crippen LogP contribution in [0.1, 0.15) is 17.5 Å². The quantitative estimate of drug-likeness (QED) is 0.179. The maximum absolute atomic E-state index is 14.3. The van der Waals surface area contributed by atoms with E-state index in [-0.39, 0.29) is 11.6 Å². The molecule has 0 bridgehead atoms. The van der Waals surface area contributed by atoms with Gasteiger partial charge in [0.2, 0.25) is 0 Å². The van der Waals surface area contributed by atoms with Crippen LogP contribution in [0.4, 0.5) is 22.0 Å². The van der Waals surface area contributed by atoms with E-state index in [9.17, 15) is 22.0 Å². The minimum Gasteiger partial charge on any atom is -0.206 e. The monoisotopic (exact) mass is 490 g/mol. The molecule has 0 atom stereocenters. The standard InChI is InChI=1S/C31H23F5/c1-2-3-4-21-5-7-22(8-6-21)23-9-11-24(12-10-23)25-13-15-26(16-14-25)27-19-29(32)28(30(33)20-27)17-18-31(34,35)36/h2,5-20H,1,3-4H2/b18-17+. The number of hydrogen-bond acceptors (Lipinski definition) is 0. The molecule has 4 aromatic carbocycles. The van der Waals surface area contributed by atoms with E-state index in [4.69, 9.17) is 0 Å². The first kappa shape index (κ1) is 25.1. The van der Waals surface area contributed by atoms with Gasteiger partial charge in [0, 0.05) is 11.6 Å². The number of hydrogen-bond donors (Lipinski definition) is 0. The van der Waals surface area contributed by atoms with Crippen LogP contribution >= 0.6 is 0 Å². The van der Waals surface area contributed by atoms with Gasteiger partial charge in [0.05, 0.1) is 0 Å². The lowest BCUT2D eigenvalue weighted by atomic mass is 9.97. The van der Waals surface area contributed by atoms with Gasteiger partial charge >= 0.3 is 6.18 Å². The predicted octanol–water partition coefficient (Wildman–Crippen LogP) is 9.66. The average Bonchev–Trinajstić information content (AvgIpc) is 2.87. The topological polar surface area (TPSA) is 0 Å². The van der Waals surface area contributed by atoms with Gasteiger partial charge in [0.15, 0.2) is 0 Å². The van der Waals surface area contributed by atoms with E-state index in [1.807, 2.05) is 42.5 Å². The van der Waals surface area contributed by atoms with Gasteiger partial charge in [-0.25, -0.2) is 8.78 Å².